The van der Waals surface area contributed by atoms with E-state index in [0.717, 1.165) is 35.6 Å². The third-order valence-electron chi connectivity index (χ3n) is 5.07. The minimum absolute atomic E-state index is 0.0939. The van der Waals surface area contributed by atoms with Gasteiger partial charge in [0.05, 0.1) is 34.9 Å². The van der Waals surface area contributed by atoms with Crippen molar-refractivity contribution in [1.29, 1.82) is 0 Å². The Kier molecular flexibility index (Phi) is 5.76. The quantitative estimate of drug-likeness (QED) is 0.648. The van der Waals surface area contributed by atoms with Gasteiger partial charge in [-0.15, -0.1) is 23.1 Å². The van der Waals surface area contributed by atoms with Gasteiger partial charge in [0.2, 0.25) is 0 Å². The molecule has 1 unspecified atom stereocenters. The number of nitrogens with zero attached hydrogens (tertiary/aromatic N) is 1. The average molecular weight is 399 g/mol. The number of para-hydroxylation sites is 2. The highest BCUT2D eigenvalue weighted by Crippen LogP contribution is 2.30. The van der Waals surface area contributed by atoms with Gasteiger partial charge in [-0.05, 0) is 43.4 Å². The summed E-state index contributed by atoms with van der Waals surface area (Å²) in [5.74, 6) is 0.550. The molecule has 2 N–H and O–H groups in total. The van der Waals surface area contributed by atoms with Crippen molar-refractivity contribution >= 4 is 44.9 Å². The van der Waals surface area contributed by atoms with E-state index in [0.29, 0.717) is 12.5 Å². The van der Waals surface area contributed by atoms with Crippen LogP contribution in [0.2, 0.25) is 0 Å². The largest absolute Gasteiger partial charge is 0.327 e. The number of rotatable bonds is 5. The van der Waals surface area contributed by atoms with Gasteiger partial charge in [0.25, 0.3) is 5.91 Å². The predicted octanol–water partition coefficient (Wildman–Crippen LogP) is 3.42. The van der Waals surface area contributed by atoms with Crippen molar-refractivity contribution in [2.75, 3.05) is 31.2 Å². The van der Waals surface area contributed by atoms with Crippen LogP contribution in [0.25, 0.3) is 10.2 Å². The fourth-order valence-electron chi connectivity index (χ4n) is 3.76. The first-order valence-corrected chi connectivity index (χ1v) is 11.4. The van der Waals surface area contributed by atoms with Crippen LogP contribution in [-0.4, -0.2) is 36.8 Å². The summed E-state index contributed by atoms with van der Waals surface area (Å²) >= 11 is 3.46. The Morgan fingerprint density at radius 3 is 2.93 bits per heavy atom. The van der Waals surface area contributed by atoms with Gasteiger partial charge >= 0.3 is 0 Å². The lowest BCUT2D eigenvalue weighted by Crippen LogP contribution is -3.14. The fraction of sp³-hybridized carbons (Fsp3) is 0.333. The molecule has 4 rings (SSSR count). The molecule has 2 aromatic carbocycles. The maximum atomic E-state index is 12.6. The molecule has 0 saturated carbocycles. The first-order valence-electron chi connectivity index (χ1n) is 9.35. The number of anilines is 1. The van der Waals surface area contributed by atoms with E-state index >= 15 is 0 Å². The summed E-state index contributed by atoms with van der Waals surface area (Å²) in [6.07, 6.45) is 4.34. The summed E-state index contributed by atoms with van der Waals surface area (Å²) < 4.78 is 1.26. The summed E-state index contributed by atoms with van der Waals surface area (Å²) in [6.45, 7) is 2.56. The third kappa shape index (κ3) is 4.34. The topological polar surface area (TPSA) is 46.4 Å². The number of carbonyl (C=O) groups excluding carboxylic acids is 1. The molecule has 1 saturated heterocycles. The maximum absolute atomic E-state index is 12.6. The number of hydrogen-bond acceptors (Lipinski definition) is 4. The van der Waals surface area contributed by atoms with Crippen LogP contribution >= 0.6 is 23.1 Å². The van der Waals surface area contributed by atoms with Crippen LogP contribution in [0.3, 0.4) is 0 Å². The lowest BCUT2D eigenvalue weighted by molar-refractivity contribution is -0.898. The molecule has 3 aromatic rings. The first-order chi connectivity index (χ1) is 13.2. The molecule has 2 heterocycles. The molecule has 0 bridgehead atoms. The van der Waals surface area contributed by atoms with Crippen molar-refractivity contribution in [2.45, 2.75) is 23.7 Å². The second-order valence-electron chi connectivity index (χ2n) is 6.99. The molecule has 0 radical (unpaired) electrons. The summed E-state index contributed by atoms with van der Waals surface area (Å²) in [6, 6.07) is 16.3. The van der Waals surface area contributed by atoms with Crippen LogP contribution in [-0.2, 0) is 4.79 Å². The highest BCUT2D eigenvalue weighted by atomic mass is 32.2. The Labute approximate surface area is 168 Å². The van der Waals surface area contributed by atoms with Crippen LogP contribution in [0.5, 0.6) is 0 Å². The van der Waals surface area contributed by atoms with Gasteiger partial charge in [0.1, 0.15) is 5.01 Å². The molecule has 27 heavy (non-hydrogen) atoms. The van der Waals surface area contributed by atoms with Crippen LogP contribution in [0, 0.1) is 0 Å². The van der Waals surface area contributed by atoms with Crippen LogP contribution in [0.15, 0.2) is 53.4 Å². The van der Waals surface area contributed by atoms with Crippen molar-refractivity contribution in [3.8, 4) is 0 Å². The molecule has 4 nitrogen and oxygen atoms in total. The molecule has 6 heteroatoms. The number of nitrogens with one attached hydrogen (secondary N) is 2. The van der Waals surface area contributed by atoms with E-state index in [9.17, 15) is 4.79 Å². The summed E-state index contributed by atoms with van der Waals surface area (Å²) in [4.78, 5) is 19.9. The summed E-state index contributed by atoms with van der Waals surface area (Å²) in [5, 5.41) is 4.31. The van der Waals surface area contributed by atoms with Gasteiger partial charge in [0.15, 0.2) is 6.54 Å². The fourth-order valence-corrected chi connectivity index (χ4v) is 5.41. The number of benzene rings is 2. The second-order valence-corrected chi connectivity index (χ2v) is 8.90. The van der Waals surface area contributed by atoms with Gasteiger partial charge in [-0.1, -0.05) is 24.3 Å². The number of piperidine rings is 1. The third-order valence-corrected chi connectivity index (χ3v) is 7.06. The van der Waals surface area contributed by atoms with Crippen LogP contribution < -0.4 is 10.2 Å². The molecule has 0 aliphatic carbocycles. The number of carbonyl (C=O) groups is 1. The summed E-state index contributed by atoms with van der Waals surface area (Å²) in [5.41, 5.74) is 2.00. The van der Waals surface area contributed by atoms with E-state index < -0.39 is 0 Å². The molecular formula is C21H24N3OS2+. The molecule has 1 aliphatic rings. The van der Waals surface area contributed by atoms with Gasteiger partial charge in [-0.2, -0.15) is 0 Å². The van der Waals surface area contributed by atoms with Gasteiger partial charge in [-0.25, -0.2) is 4.98 Å². The maximum Gasteiger partial charge on any atom is 0.279 e. The molecule has 1 fully saturated rings. The molecule has 1 aliphatic heterocycles. The molecule has 2 atom stereocenters. The van der Waals surface area contributed by atoms with E-state index in [2.05, 4.69) is 23.5 Å². The predicted molar refractivity (Wildman–Crippen MR) is 114 cm³/mol. The van der Waals surface area contributed by atoms with E-state index in [1.165, 1.54) is 21.0 Å². The molecule has 140 valence electrons. The minimum atomic E-state index is 0.0939. The molecule has 1 amide bonds. The monoisotopic (exact) mass is 398 g/mol. The molecule has 1 aromatic heterocycles. The lowest BCUT2D eigenvalue weighted by Gasteiger charge is -2.28. The Balaban J connectivity index is 1.40. The smallest absolute Gasteiger partial charge is 0.279 e. The standard InChI is InChI=1S/C21H23N3OS2/c1-26-18-10-4-2-8-16(18)22-20(25)14-24-12-6-7-15(13-24)21-23-17-9-3-5-11-19(17)27-21/h2-5,8-11,15H,6-7,12-14H2,1H3,(H,22,25)/p+1/t15-/m1/s1. The molecular weight excluding hydrogens is 374 g/mol. The SMILES string of the molecule is CSc1ccccc1NC(=O)C[NH+]1CCC[C@@H](c2nc3ccccc3s2)C1. The van der Waals surface area contributed by atoms with Crippen LogP contribution in [0.4, 0.5) is 5.69 Å². The highest BCUT2D eigenvalue weighted by Gasteiger charge is 2.28. The highest BCUT2D eigenvalue weighted by molar-refractivity contribution is 7.98. The van der Waals surface area contributed by atoms with Crippen molar-refractivity contribution < 1.29 is 9.69 Å². The number of quaternary nitrogens is 1. The van der Waals surface area contributed by atoms with E-state index in [4.69, 9.17) is 4.98 Å². The zero-order chi connectivity index (χ0) is 18.6. The number of aromatic nitrogens is 1. The van der Waals surface area contributed by atoms with Crippen LogP contribution in [0.1, 0.15) is 23.8 Å². The van der Waals surface area contributed by atoms with Crippen molar-refractivity contribution in [3.05, 3.63) is 53.5 Å². The van der Waals surface area contributed by atoms with Gasteiger partial charge in [-0.3, -0.25) is 4.79 Å². The minimum Gasteiger partial charge on any atom is -0.327 e. The Bertz CT molecular complexity index is 907. The number of amides is 1. The number of fused-ring (bicyclic) bond motifs is 1. The van der Waals surface area contributed by atoms with Gasteiger partial charge < -0.3 is 10.2 Å². The van der Waals surface area contributed by atoms with E-state index in [-0.39, 0.29) is 5.91 Å². The number of thiazole rings is 1. The van der Waals surface area contributed by atoms with E-state index in [1.54, 1.807) is 23.1 Å². The van der Waals surface area contributed by atoms with Crippen molar-refractivity contribution in [1.82, 2.24) is 4.98 Å². The number of likely N-dealkylation sites (tertiary alicyclic amines) is 1. The zero-order valence-electron chi connectivity index (χ0n) is 15.4. The van der Waals surface area contributed by atoms with Crippen molar-refractivity contribution in [2.24, 2.45) is 0 Å². The van der Waals surface area contributed by atoms with E-state index in [1.807, 2.05) is 36.6 Å². The average Bonchev–Trinajstić information content (AvgIpc) is 3.13. The van der Waals surface area contributed by atoms with Crippen molar-refractivity contribution in [3.63, 3.8) is 0 Å². The Morgan fingerprint density at radius 1 is 1.26 bits per heavy atom. The Morgan fingerprint density at radius 2 is 2.07 bits per heavy atom. The second kappa shape index (κ2) is 8.42. The zero-order valence-corrected chi connectivity index (χ0v) is 17.0. The number of thioether (sulfide) groups is 1. The normalized spacial score (nSPS) is 19.9. The first kappa shape index (κ1) is 18.5. The Hall–Kier alpha value is -1.89. The van der Waals surface area contributed by atoms with Gasteiger partial charge in [0, 0.05) is 4.90 Å². The number of hydrogen-bond donors (Lipinski definition) is 2. The summed E-state index contributed by atoms with van der Waals surface area (Å²) in [7, 11) is 0. The lowest BCUT2D eigenvalue weighted by atomic mass is 9.99. The molecule has 0 spiro atoms.